The number of hydrogen-bond acceptors (Lipinski definition) is 4. The number of halogens is 1. The summed E-state index contributed by atoms with van der Waals surface area (Å²) in [6.45, 7) is 5.35. The zero-order valence-corrected chi connectivity index (χ0v) is 19.6. The Morgan fingerprint density at radius 3 is 2.24 bits per heavy atom. The van der Waals surface area contributed by atoms with Gasteiger partial charge in [-0.2, -0.15) is 0 Å². The monoisotopic (exact) mass is 462 g/mol. The number of aliphatic hydroxyl groups excluding tert-OH is 1. The van der Waals surface area contributed by atoms with Gasteiger partial charge in [0.1, 0.15) is 24.8 Å². The lowest BCUT2D eigenvalue weighted by atomic mass is 9.98. The molecule has 3 aromatic rings. The Bertz CT molecular complexity index is 1090. The van der Waals surface area contributed by atoms with E-state index in [1.54, 1.807) is 36.4 Å². The Morgan fingerprint density at radius 1 is 0.912 bits per heavy atom. The minimum absolute atomic E-state index is 0.00294. The molecule has 0 bridgehead atoms. The standard InChI is InChI=1S/C29H31FO4/c1-3-4-5-6-22-7-9-23(10-8-22)25-13-16-27(28(30)19-25)24-11-14-26(15-12-24)33-17-18-34-29(32)21(2)20-31/h7-16,19,31H,2-6,17-18,20H2,1H3. The van der Waals surface area contributed by atoms with Crippen molar-refractivity contribution in [3.05, 3.63) is 90.3 Å². The molecule has 0 radical (unpaired) electrons. The van der Waals surface area contributed by atoms with E-state index in [1.807, 2.05) is 6.07 Å². The average molecular weight is 463 g/mol. The summed E-state index contributed by atoms with van der Waals surface area (Å²) < 4.78 is 25.4. The van der Waals surface area contributed by atoms with Crippen LogP contribution < -0.4 is 4.74 Å². The third kappa shape index (κ3) is 7.03. The maximum absolute atomic E-state index is 14.9. The highest BCUT2D eigenvalue weighted by Crippen LogP contribution is 2.29. The van der Waals surface area contributed by atoms with Crippen LogP contribution in [-0.2, 0) is 16.0 Å². The fraction of sp³-hybridized carbons (Fsp3) is 0.276. The summed E-state index contributed by atoms with van der Waals surface area (Å²) in [6.07, 6.45) is 4.71. The largest absolute Gasteiger partial charge is 0.490 e. The van der Waals surface area contributed by atoms with Gasteiger partial charge in [-0.15, -0.1) is 0 Å². The lowest BCUT2D eigenvalue weighted by Gasteiger charge is -2.10. The van der Waals surface area contributed by atoms with Crippen LogP contribution in [0.25, 0.3) is 22.3 Å². The van der Waals surface area contributed by atoms with Crippen molar-refractivity contribution in [3.63, 3.8) is 0 Å². The van der Waals surface area contributed by atoms with Crippen molar-refractivity contribution in [1.82, 2.24) is 0 Å². The molecule has 34 heavy (non-hydrogen) atoms. The molecule has 0 aliphatic rings. The van der Waals surface area contributed by atoms with E-state index < -0.39 is 12.6 Å². The van der Waals surface area contributed by atoms with E-state index in [-0.39, 0.29) is 24.6 Å². The molecule has 0 heterocycles. The van der Waals surface area contributed by atoms with Gasteiger partial charge in [0, 0.05) is 5.56 Å². The van der Waals surface area contributed by atoms with Crippen LogP contribution in [-0.4, -0.2) is 30.9 Å². The molecule has 178 valence electrons. The molecule has 3 rings (SSSR count). The van der Waals surface area contributed by atoms with Crippen molar-refractivity contribution >= 4 is 5.97 Å². The molecule has 0 fully saturated rings. The lowest BCUT2D eigenvalue weighted by molar-refractivity contribution is -0.140. The number of carbonyl (C=O) groups excluding carboxylic acids is 1. The molecule has 5 heteroatoms. The quantitative estimate of drug-likeness (QED) is 0.193. The predicted octanol–water partition coefficient (Wildman–Crippen LogP) is 6.36. The predicted molar refractivity (Wildman–Crippen MR) is 133 cm³/mol. The number of ether oxygens (including phenoxy) is 2. The van der Waals surface area contributed by atoms with Crippen LogP contribution in [0.2, 0.25) is 0 Å². The molecule has 0 atom stereocenters. The van der Waals surface area contributed by atoms with Gasteiger partial charge in [0.25, 0.3) is 0 Å². The molecule has 0 aliphatic carbocycles. The van der Waals surface area contributed by atoms with Gasteiger partial charge in [-0.1, -0.05) is 74.9 Å². The number of benzene rings is 3. The third-order valence-electron chi connectivity index (χ3n) is 5.56. The van der Waals surface area contributed by atoms with Crippen molar-refractivity contribution in [3.8, 4) is 28.0 Å². The van der Waals surface area contributed by atoms with Crippen LogP contribution in [0.3, 0.4) is 0 Å². The highest BCUT2D eigenvalue weighted by molar-refractivity contribution is 5.87. The Morgan fingerprint density at radius 2 is 1.59 bits per heavy atom. The van der Waals surface area contributed by atoms with Gasteiger partial charge in [-0.05, 0) is 53.3 Å². The minimum Gasteiger partial charge on any atom is -0.490 e. The van der Waals surface area contributed by atoms with Crippen molar-refractivity contribution in [2.45, 2.75) is 32.6 Å². The molecule has 3 aromatic carbocycles. The van der Waals surface area contributed by atoms with Crippen LogP contribution in [0.4, 0.5) is 4.39 Å². The Hall–Kier alpha value is -3.44. The average Bonchev–Trinajstić information content (AvgIpc) is 2.87. The van der Waals surface area contributed by atoms with Gasteiger partial charge in [0.2, 0.25) is 0 Å². The zero-order chi connectivity index (χ0) is 24.3. The van der Waals surface area contributed by atoms with Crippen molar-refractivity contribution < 1.29 is 23.8 Å². The van der Waals surface area contributed by atoms with E-state index in [0.29, 0.717) is 11.3 Å². The summed E-state index contributed by atoms with van der Waals surface area (Å²) >= 11 is 0. The first kappa shape index (κ1) is 25.2. The molecule has 0 saturated carbocycles. The summed E-state index contributed by atoms with van der Waals surface area (Å²) in [5.41, 5.74) is 4.41. The number of aliphatic hydroxyl groups is 1. The van der Waals surface area contributed by atoms with E-state index >= 15 is 0 Å². The van der Waals surface area contributed by atoms with Gasteiger partial charge in [0.05, 0.1) is 12.2 Å². The maximum atomic E-state index is 14.9. The van der Waals surface area contributed by atoms with Crippen molar-refractivity contribution in [2.75, 3.05) is 19.8 Å². The molecular formula is C29H31FO4. The molecule has 4 nitrogen and oxygen atoms in total. The fourth-order valence-electron chi connectivity index (χ4n) is 3.56. The van der Waals surface area contributed by atoms with E-state index in [9.17, 15) is 9.18 Å². The summed E-state index contributed by atoms with van der Waals surface area (Å²) in [4.78, 5) is 11.4. The van der Waals surface area contributed by atoms with Crippen LogP contribution in [0.15, 0.2) is 78.9 Å². The first-order chi connectivity index (χ1) is 16.5. The Labute approximate surface area is 200 Å². The highest BCUT2D eigenvalue weighted by atomic mass is 19.1. The van der Waals surface area contributed by atoms with Gasteiger partial charge in [-0.25, -0.2) is 9.18 Å². The molecule has 0 amide bonds. The van der Waals surface area contributed by atoms with E-state index in [4.69, 9.17) is 14.6 Å². The smallest absolute Gasteiger partial charge is 0.335 e. The first-order valence-corrected chi connectivity index (χ1v) is 11.6. The van der Waals surface area contributed by atoms with Crippen molar-refractivity contribution in [2.24, 2.45) is 0 Å². The Balaban J connectivity index is 1.58. The number of carbonyl (C=O) groups is 1. The van der Waals surface area contributed by atoms with Gasteiger partial charge < -0.3 is 14.6 Å². The zero-order valence-electron chi connectivity index (χ0n) is 19.6. The Kier molecular flexibility index (Phi) is 9.41. The second-order valence-corrected chi connectivity index (χ2v) is 8.12. The number of rotatable bonds is 12. The number of unbranched alkanes of at least 4 members (excludes halogenated alkanes) is 2. The van der Waals surface area contributed by atoms with Gasteiger partial charge in [0.15, 0.2) is 0 Å². The fourth-order valence-corrected chi connectivity index (χ4v) is 3.56. The van der Waals surface area contributed by atoms with Crippen LogP contribution in [0.1, 0.15) is 31.7 Å². The molecular weight excluding hydrogens is 431 g/mol. The van der Waals surface area contributed by atoms with E-state index in [0.717, 1.165) is 23.1 Å². The third-order valence-corrected chi connectivity index (χ3v) is 5.56. The summed E-state index contributed by atoms with van der Waals surface area (Å²) in [5.74, 6) is -0.352. The molecule has 0 saturated heterocycles. The van der Waals surface area contributed by atoms with E-state index in [2.05, 4.69) is 37.8 Å². The van der Waals surface area contributed by atoms with Crippen LogP contribution in [0, 0.1) is 5.82 Å². The summed E-state index contributed by atoms with van der Waals surface area (Å²) in [6, 6.07) is 20.7. The summed E-state index contributed by atoms with van der Waals surface area (Å²) in [7, 11) is 0. The number of esters is 1. The number of hydrogen-bond donors (Lipinski definition) is 1. The summed E-state index contributed by atoms with van der Waals surface area (Å²) in [5, 5.41) is 8.84. The van der Waals surface area contributed by atoms with Crippen LogP contribution >= 0.6 is 0 Å². The first-order valence-electron chi connectivity index (χ1n) is 11.6. The van der Waals surface area contributed by atoms with Crippen LogP contribution in [0.5, 0.6) is 5.75 Å². The SMILES string of the molecule is C=C(CO)C(=O)OCCOc1ccc(-c2ccc(-c3ccc(CCCCC)cc3)cc2F)cc1. The minimum atomic E-state index is -0.650. The molecule has 1 N–H and O–H groups in total. The normalized spacial score (nSPS) is 10.7. The van der Waals surface area contributed by atoms with Crippen molar-refractivity contribution in [1.29, 1.82) is 0 Å². The topological polar surface area (TPSA) is 55.8 Å². The number of aryl methyl sites for hydroxylation is 1. The van der Waals surface area contributed by atoms with Gasteiger partial charge >= 0.3 is 5.97 Å². The molecule has 0 aliphatic heterocycles. The molecule has 0 aromatic heterocycles. The molecule has 0 spiro atoms. The van der Waals surface area contributed by atoms with E-state index in [1.165, 1.54) is 24.8 Å². The molecule has 0 unspecified atom stereocenters. The maximum Gasteiger partial charge on any atom is 0.335 e. The second-order valence-electron chi connectivity index (χ2n) is 8.12. The highest BCUT2D eigenvalue weighted by Gasteiger charge is 2.09. The second kappa shape index (κ2) is 12.7. The van der Waals surface area contributed by atoms with Gasteiger partial charge in [-0.3, -0.25) is 0 Å². The lowest BCUT2D eigenvalue weighted by Crippen LogP contribution is -2.14.